The van der Waals surface area contributed by atoms with Gasteiger partial charge in [0, 0.05) is 23.9 Å². The summed E-state index contributed by atoms with van der Waals surface area (Å²) in [4.78, 5) is 22.3. The highest BCUT2D eigenvalue weighted by Gasteiger charge is 2.31. The van der Waals surface area contributed by atoms with Crippen molar-refractivity contribution < 1.29 is 14.7 Å². The first-order chi connectivity index (χ1) is 9.24. The second-order valence-electron chi connectivity index (χ2n) is 4.77. The second kappa shape index (κ2) is 6.33. The van der Waals surface area contributed by atoms with Gasteiger partial charge in [0.1, 0.15) is 0 Å². The van der Waals surface area contributed by atoms with Crippen LogP contribution in [0.15, 0.2) is 24.3 Å². The number of hydrogen-bond acceptors (Lipinski definition) is 3. The van der Waals surface area contributed by atoms with E-state index in [2.05, 4.69) is 10.6 Å². The lowest BCUT2D eigenvalue weighted by molar-refractivity contribution is -0.105. The topological polar surface area (TPSA) is 78.4 Å². The van der Waals surface area contributed by atoms with Crippen LogP contribution in [-0.2, 0) is 4.79 Å². The van der Waals surface area contributed by atoms with E-state index in [1.807, 2.05) is 0 Å². The van der Waals surface area contributed by atoms with Crippen LogP contribution in [0.5, 0.6) is 0 Å². The Morgan fingerprint density at radius 1 is 1.37 bits per heavy atom. The van der Waals surface area contributed by atoms with Gasteiger partial charge >= 0.3 is 0 Å². The van der Waals surface area contributed by atoms with Gasteiger partial charge in [-0.05, 0) is 49.4 Å². The molecular formula is C14H18N2O3. The van der Waals surface area contributed by atoms with Crippen molar-refractivity contribution in [1.82, 2.24) is 5.32 Å². The third kappa shape index (κ3) is 3.79. The van der Waals surface area contributed by atoms with E-state index >= 15 is 0 Å². The number of amides is 2. The van der Waals surface area contributed by atoms with Crippen LogP contribution in [0, 0.1) is 5.92 Å². The molecule has 5 nitrogen and oxygen atoms in total. The summed E-state index contributed by atoms with van der Waals surface area (Å²) in [7, 11) is 0. The van der Waals surface area contributed by atoms with E-state index in [-0.39, 0.29) is 18.6 Å². The van der Waals surface area contributed by atoms with E-state index in [0.717, 1.165) is 12.8 Å². The minimum absolute atomic E-state index is 0.0604. The molecule has 1 aromatic rings. The zero-order valence-corrected chi connectivity index (χ0v) is 10.6. The van der Waals surface area contributed by atoms with Crippen LogP contribution in [0.2, 0.25) is 0 Å². The van der Waals surface area contributed by atoms with Gasteiger partial charge in [-0.3, -0.25) is 9.59 Å². The molecule has 1 aliphatic carbocycles. The van der Waals surface area contributed by atoms with E-state index in [1.54, 1.807) is 24.3 Å². The lowest BCUT2D eigenvalue weighted by Gasteiger charge is -2.17. The van der Waals surface area contributed by atoms with Gasteiger partial charge in [0.2, 0.25) is 6.41 Å². The molecule has 0 spiro atoms. The van der Waals surface area contributed by atoms with E-state index in [4.69, 9.17) is 5.11 Å². The Balaban J connectivity index is 1.96. The molecule has 19 heavy (non-hydrogen) atoms. The maximum atomic E-state index is 12.0. The van der Waals surface area contributed by atoms with Gasteiger partial charge in [0.05, 0.1) is 0 Å². The Hall–Kier alpha value is -1.88. The molecular weight excluding hydrogens is 244 g/mol. The Kier molecular flexibility index (Phi) is 4.52. The van der Waals surface area contributed by atoms with Crippen molar-refractivity contribution in [1.29, 1.82) is 0 Å². The number of benzene rings is 1. The summed E-state index contributed by atoms with van der Waals surface area (Å²) in [5.41, 5.74) is 1.21. The highest BCUT2D eigenvalue weighted by Crippen LogP contribution is 2.34. The summed E-state index contributed by atoms with van der Waals surface area (Å²) < 4.78 is 0. The third-order valence-electron chi connectivity index (χ3n) is 3.32. The van der Waals surface area contributed by atoms with Gasteiger partial charge < -0.3 is 15.7 Å². The fourth-order valence-corrected chi connectivity index (χ4v) is 2.10. The molecule has 0 bridgehead atoms. The number of aliphatic hydroxyl groups excluding tert-OH is 1. The van der Waals surface area contributed by atoms with Gasteiger partial charge in [-0.15, -0.1) is 0 Å². The molecule has 1 fully saturated rings. The fraction of sp³-hybridized carbons (Fsp3) is 0.429. The molecule has 1 aliphatic rings. The zero-order valence-electron chi connectivity index (χ0n) is 10.6. The molecule has 2 amide bonds. The summed E-state index contributed by atoms with van der Waals surface area (Å²) in [6.45, 7) is 0.0869. The van der Waals surface area contributed by atoms with Crippen LogP contribution < -0.4 is 10.6 Å². The summed E-state index contributed by atoms with van der Waals surface area (Å²) in [5.74, 6) is 0.370. The van der Waals surface area contributed by atoms with Crippen molar-refractivity contribution >= 4 is 18.0 Å². The smallest absolute Gasteiger partial charge is 0.251 e. The highest BCUT2D eigenvalue weighted by molar-refractivity contribution is 5.95. The predicted molar refractivity (Wildman–Crippen MR) is 71.8 cm³/mol. The number of carbonyl (C=O) groups excluding carboxylic acids is 2. The number of aliphatic hydroxyl groups is 1. The Bertz CT molecular complexity index is 441. The standard InChI is InChI=1S/C14H18N2O3/c17-8-7-13(10-1-2-10)16-14(19)11-3-5-12(6-4-11)15-9-18/h3-6,9-10,13,17H,1-2,7-8H2,(H,15,18)(H,16,19). The lowest BCUT2D eigenvalue weighted by atomic mass is 10.1. The van der Waals surface area contributed by atoms with E-state index in [9.17, 15) is 9.59 Å². The molecule has 0 radical (unpaired) electrons. The van der Waals surface area contributed by atoms with Gasteiger partial charge in [-0.2, -0.15) is 0 Å². The molecule has 1 atom stereocenters. The van der Waals surface area contributed by atoms with E-state index in [1.165, 1.54) is 0 Å². The van der Waals surface area contributed by atoms with E-state index in [0.29, 0.717) is 30.0 Å². The summed E-state index contributed by atoms with van der Waals surface area (Å²) in [5, 5.41) is 14.5. The maximum absolute atomic E-state index is 12.0. The quantitative estimate of drug-likeness (QED) is 0.645. The minimum atomic E-state index is -0.136. The number of rotatable bonds is 7. The second-order valence-corrected chi connectivity index (χ2v) is 4.77. The summed E-state index contributed by atoms with van der Waals surface area (Å²) in [6, 6.07) is 6.77. The molecule has 1 unspecified atom stereocenters. The Morgan fingerprint density at radius 2 is 2.05 bits per heavy atom. The molecule has 3 N–H and O–H groups in total. The first-order valence-electron chi connectivity index (χ1n) is 6.46. The lowest BCUT2D eigenvalue weighted by Crippen LogP contribution is -2.37. The van der Waals surface area contributed by atoms with Gasteiger partial charge in [0.15, 0.2) is 0 Å². The molecule has 0 heterocycles. The normalized spacial score (nSPS) is 15.6. The fourth-order valence-electron chi connectivity index (χ4n) is 2.10. The van der Waals surface area contributed by atoms with Crippen molar-refractivity contribution in [3.05, 3.63) is 29.8 Å². The first kappa shape index (κ1) is 13.5. The Labute approximate surface area is 112 Å². The average Bonchev–Trinajstić information content (AvgIpc) is 3.24. The van der Waals surface area contributed by atoms with Crippen LogP contribution in [0.1, 0.15) is 29.6 Å². The van der Waals surface area contributed by atoms with Crippen molar-refractivity contribution in [2.45, 2.75) is 25.3 Å². The maximum Gasteiger partial charge on any atom is 0.251 e. The number of nitrogens with one attached hydrogen (secondary N) is 2. The van der Waals surface area contributed by atoms with Crippen LogP contribution in [0.25, 0.3) is 0 Å². The van der Waals surface area contributed by atoms with Gasteiger partial charge in [-0.1, -0.05) is 0 Å². The van der Waals surface area contributed by atoms with Crippen LogP contribution >= 0.6 is 0 Å². The number of anilines is 1. The molecule has 0 aromatic heterocycles. The van der Waals surface area contributed by atoms with Crippen LogP contribution in [0.3, 0.4) is 0 Å². The molecule has 1 aromatic carbocycles. The van der Waals surface area contributed by atoms with Crippen molar-refractivity contribution in [2.24, 2.45) is 5.92 Å². The molecule has 0 saturated heterocycles. The number of carbonyl (C=O) groups is 2. The number of hydrogen-bond donors (Lipinski definition) is 3. The van der Waals surface area contributed by atoms with Gasteiger partial charge in [-0.25, -0.2) is 0 Å². The largest absolute Gasteiger partial charge is 0.396 e. The molecule has 102 valence electrons. The average molecular weight is 262 g/mol. The molecule has 0 aliphatic heterocycles. The first-order valence-corrected chi connectivity index (χ1v) is 6.46. The Morgan fingerprint density at radius 3 is 2.58 bits per heavy atom. The monoisotopic (exact) mass is 262 g/mol. The minimum Gasteiger partial charge on any atom is -0.396 e. The molecule has 1 saturated carbocycles. The molecule has 2 rings (SSSR count). The van der Waals surface area contributed by atoms with Crippen molar-refractivity contribution in [3.8, 4) is 0 Å². The summed E-state index contributed by atoms with van der Waals surface area (Å²) in [6.07, 6.45) is 3.43. The highest BCUT2D eigenvalue weighted by atomic mass is 16.3. The third-order valence-corrected chi connectivity index (χ3v) is 3.32. The van der Waals surface area contributed by atoms with Crippen LogP contribution in [0.4, 0.5) is 5.69 Å². The predicted octanol–water partition coefficient (Wildman–Crippen LogP) is 1.15. The van der Waals surface area contributed by atoms with Gasteiger partial charge in [0.25, 0.3) is 5.91 Å². The van der Waals surface area contributed by atoms with Crippen molar-refractivity contribution in [2.75, 3.05) is 11.9 Å². The SMILES string of the molecule is O=CNc1ccc(C(=O)NC(CCO)C2CC2)cc1. The zero-order chi connectivity index (χ0) is 13.7. The van der Waals surface area contributed by atoms with E-state index < -0.39 is 0 Å². The van der Waals surface area contributed by atoms with Crippen LogP contribution in [-0.4, -0.2) is 30.1 Å². The molecule has 5 heteroatoms. The van der Waals surface area contributed by atoms with Crippen molar-refractivity contribution in [3.63, 3.8) is 0 Å². The summed E-state index contributed by atoms with van der Waals surface area (Å²) >= 11 is 0.